The Morgan fingerprint density at radius 1 is 1.46 bits per heavy atom. The van der Waals surface area contributed by atoms with Crippen LogP contribution < -0.4 is 4.57 Å². The second-order valence-corrected chi connectivity index (χ2v) is 3.45. The quantitative estimate of drug-likeness (QED) is 0.282. The lowest BCUT2D eigenvalue weighted by atomic mass is 10.3. The van der Waals surface area contributed by atoms with Crippen molar-refractivity contribution < 1.29 is 9.77 Å². The lowest BCUT2D eigenvalue weighted by Crippen LogP contribution is -2.32. The molecule has 0 saturated carbocycles. The Morgan fingerprint density at radius 3 is 2.69 bits per heavy atom. The van der Waals surface area contributed by atoms with Crippen LogP contribution in [-0.2, 0) is 6.54 Å². The molecular formula is C9H12BrN2O+. The summed E-state index contributed by atoms with van der Waals surface area (Å²) in [5.41, 5.74) is 0.901. The van der Waals surface area contributed by atoms with Crippen molar-refractivity contribution in [3.05, 3.63) is 30.1 Å². The molecule has 4 heteroatoms. The first-order valence-corrected chi connectivity index (χ1v) is 5.21. The van der Waals surface area contributed by atoms with Crippen LogP contribution in [0, 0.1) is 0 Å². The second-order valence-electron chi connectivity index (χ2n) is 2.66. The van der Waals surface area contributed by atoms with Gasteiger partial charge in [0.15, 0.2) is 12.4 Å². The van der Waals surface area contributed by atoms with Gasteiger partial charge >= 0.3 is 0 Å². The molecule has 0 amide bonds. The van der Waals surface area contributed by atoms with Gasteiger partial charge in [-0.15, -0.1) is 0 Å². The predicted molar refractivity (Wildman–Crippen MR) is 54.4 cm³/mol. The number of halogens is 1. The topological polar surface area (TPSA) is 36.5 Å². The van der Waals surface area contributed by atoms with Crippen LogP contribution in [0.2, 0.25) is 0 Å². The zero-order chi connectivity index (χ0) is 9.52. The summed E-state index contributed by atoms with van der Waals surface area (Å²) in [6, 6.07) is 3.82. The van der Waals surface area contributed by atoms with Crippen molar-refractivity contribution in [1.29, 1.82) is 0 Å². The number of alkyl halides is 1. The molecular weight excluding hydrogens is 232 g/mol. The molecule has 0 atom stereocenters. The van der Waals surface area contributed by atoms with E-state index < -0.39 is 0 Å². The summed E-state index contributed by atoms with van der Waals surface area (Å²) in [4.78, 5) is 0. The van der Waals surface area contributed by atoms with Crippen LogP contribution in [0.25, 0.3) is 0 Å². The molecule has 0 aliphatic carbocycles. The van der Waals surface area contributed by atoms with Crippen molar-refractivity contribution in [3.8, 4) is 0 Å². The summed E-state index contributed by atoms with van der Waals surface area (Å²) in [7, 11) is 0. The fraction of sp³-hybridized carbons (Fsp3) is 0.333. The van der Waals surface area contributed by atoms with Crippen LogP contribution in [0.15, 0.2) is 29.7 Å². The monoisotopic (exact) mass is 243 g/mol. The normalized spacial score (nSPS) is 10.8. The van der Waals surface area contributed by atoms with Crippen molar-refractivity contribution in [3.63, 3.8) is 0 Å². The molecule has 3 nitrogen and oxygen atoms in total. The fourth-order valence-electron chi connectivity index (χ4n) is 1.01. The average molecular weight is 244 g/mol. The van der Waals surface area contributed by atoms with Gasteiger partial charge in [0.1, 0.15) is 6.54 Å². The average Bonchev–Trinajstić information content (AvgIpc) is 2.17. The van der Waals surface area contributed by atoms with Crippen LogP contribution in [0.3, 0.4) is 0 Å². The smallest absolute Gasteiger partial charge is 0.169 e. The van der Waals surface area contributed by atoms with E-state index in [4.69, 9.17) is 5.21 Å². The molecule has 0 aromatic carbocycles. The Kier molecular flexibility index (Phi) is 4.46. The van der Waals surface area contributed by atoms with Gasteiger partial charge in [-0.2, -0.15) is 0 Å². The van der Waals surface area contributed by atoms with Crippen LogP contribution in [0.5, 0.6) is 0 Å². The van der Waals surface area contributed by atoms with Crippen LogP contribution >= 0.6 is 15.9 Å². The Hall–Kier alpha value is -0.900. The van der Waals surface area contributed by atoms with Gasteiger partial charge in [-0.25, -0.2) is 4.57 Å². The number of hydrogen-bond acceptors (Lipinski definition) is 2. The Morgan fingerprint density at radius 2 is 2.15 bits per heavy atom. The van der Waals surface area contributed by atoms with E-state index >= 15 is 0 Å². The third-order valence-electron chi connectivity index (χ3n) is 1.67. The van der Waals surface area contributed by atoms with Gasteiger partial charge in [0.05, 0.1) is 6.21 Å². The van der Waals surface area contributed by atoms with Crippen molar-refractivity contribution in [2.45, 2.75) is 13.0 Å². The number of rotatable bonds is 4. The van der Waals surface area contributed by atoms with E-state index in [1.54, 1.807) is 0 Å². The molecule has 1 rings (SSSR count). The van der Waals surface area contributed by atoms with Gasteiger partial charge in [-0.05, 0) is 0 Å². The molecule has 1 aromatic rings. The van der Waals surface area contributed by atoms with E-state index in [2.05, 4.69) is 25.7 Å². The highest BCUT2D eigenvalue weighted by molar-refractivity contribution is 9.09. The first-order valence-electron chi connectivity index (χ1n) is 4.09. The van der Waals surface area contributed by atoms with Crippen LogP contribution in [-0.4, -0.2) is 16.8 Å². The number of pyridine rings is 1. The summed E-state index contributed by atoms with van der Waals surface area (Å²) in [6.07, 6.45) is 6.46. The number of aryl methyl sites for hydroxylation is 1. The molecule has 1 aromatic heterocycles. The highest BCUT2D eigenvalue weighted by atomic mass is 79.9. The van der Waals surface area contributed by atoms with Gasteiger partial charge in [-0.3, -0.25) is 0 Å². The lowest BCUT2D eigenvalue weighted by Gasteiger charge is -1.94. The minimum Gasteiger partial charge on any atom is -0.411 e. The summed E-state index contributed by atoms with van der Waals surface area (Å²) >= 11 is 3.38. The maximum absolute atomic E-state index is 8.29. The molecule has 1 heterocycles. The summed E-state index contributed by atoms with van der Waals surface area (Å²) in [5.74, 6) is 0. The Balaban J connectivity index is 2.58. The van der Waals surface area contributed by atoms with Crippen molar-refractivity contribution >= 4 is 22.1 Å². The number of nitrogens with zero attached hydrogens (tertiary/aromatic N) is 2. The molecule has 0 saturated heterocycles. The Bertz CT molecular complexity index is 271. The summed E-state index contributed by atoms with van der Waals surface area (Å²) in [5, 5.41) is 12.3. The van der Waals surface area contributed by atoms with Gasteiger partial charge in [-0.1, -0.05) is 21.1 Å². The van der Waals surface area contributed by atoms with Crippen molar-refractivity contribution in [2.24, 2.45) is 5.16 Å². The maximum atomic E-state index is 8.29. The third kappa shape index (κ3) is 3.55. The number of hydrogen-bond donors (Lipinski definition) is 1. The SMILES string of the molecule is O/N=C/c1cc[n+](CCCBr)cc1. The van der Waals surface area contributed by atoms with E-state index in [0.717, 1.165) is 23.9 Å². The fourth-order valence-corrected chi connectivity index (χ4v) is 1.26. The van der Waals surface area contributed by atoms with Gasteiger partial charge in [0, 0.05) is 29.4 Å². The minimum atomic E-state index is 0.901. The molecule has 0 spiro atoms. The molecule has 13 heavy (non-hydrogen) atoms. The standard InChI is InChI=1S/C9H11BrN2O/c10-4-1-5-12-6-2-9(3-7-12)8-11-13/h2-3,6-8H,1,4-5H2/p+1. The van der Waals surface area contributed by atoms with Gasteiger partial charge in [0.2, 0.25) is 0 Å². The zero-order valence-corrected chi connectivity index (χ0v) is 8.81. The molecule has 0 fully saturated rings. The highest BCUT2D eigenvalue weighted by Gasteiger charge is 1.98. The first kappa shape index (κ1) is 10.2. The number of oxime groups is 1. The van der Waals surface area contributed by atoms with Crippen LogP contribution in [0.4, 0.5) is 0 Å². The third-order valence-corrected chi connectivity index (χ3v) is 2.23. The van der Waals surface area contributed by atoms with E-state index in [1.165, 1.54) is 6.21 Å². The van der Waals surface area contributed by atoms with Crippen LogP contribution in [0.1, 0.15) is 12.0 Å². The molecule has 0 radical (unpaired) electrons. The van der Waals surface area contributed by atoms with E-state index in [9.17, 15) is 0 Å². The van der Waals surface area contributed by atoms with E-state index in [0.29, 0.717) is 0 Å². The van der Waals surface area contributed by atoms with E-state index in [-0.39, 0.29) is 0 Å². The zero-order valence-electron chi connectivity index (χ0n) is 7.23. The van der Waals surface area contributed by atoms with Crippen molar-refractivity contribution in [2.75, 3.05) is 5.33 Å². The van der Waals surface area contributed by atoms with Gasteiger partial charge in [0.25, 0.3) is 0 Å². The summed E-state index contributed by atoms with van der Waals surface area (Å²) < 4.78 is 2.09. The molecule has 70 valence electrons. The lowest BCUT2D eigenvalue weighted by molar-refractivity contribution is -0.696. The largest absolute Gasteiger partial charge is 0.411 e. The number of aromatic nitrogens is 1. The second kappa shape index (κ2) is 5.70. The van der Waals surface area contributed by atoms with Crippen molar-refractivity contribution in [1.82, 2.24) is 0 Å². The molecule has 0 aliphatic heterocycles. The highest BCUT2D eigenvalue weighted by Crippen LogP contribution is 1.91. The van der Waals surface area contributed by atoms with Gasteiger partial charge < -0.3 is 5.21 Å². The first-order chi connectivity index (χ1) is 6.36. The summed E-state index contributed by atoms with van der Waals surface area (Å²) in [6.45, 7) is 1.00. The molecule has 0 aliphatic rings. The molecule has 0 bridgehead atoms. The molecule has 0 unspecified atom stereocenters. The Labute approximate surface area is 85.8 Å². The minimum absolute atomic E-state index is 0.901. The van der Waals surface area contributed by atoms with E-state index in [1.807, 2.05) is 24.5 Å². The maximum Gasteiger partial charge on any atom is 0.169 e. The predicted octanol–water partition coefficient (Wildman–Crippen LogP) is 1.57. The molecule has 1 N–H and O–H groups in total.